The van der Waals surface area contributed by atoms with E-state index in [1.165, 1.54) is 12.1 Å². The molecular weight excluding hydrogens is 191 g/mol. The van der Waals surface area contributed by atoms with Gasteiger partial charge in [-0.25, -0.2) is 0 Å². The third-order valence-electron chi connectivity index (χ3n) is 1.68. The van der Waals surface area contributed by atoms with Crippen molar-refractivity contribution in [1.82, 2.24) is 0 Å². The van der Waals surface area contributed by atoms with Crippen LogP contribution in [-0.2, 0) is 6.18 Å². The third kappa shape index (κ3) is 2.88. The Balaban J connectivity index is 2.84. The fourth-order valence-electron chi connectivity index (χ4n) is 0.987. The fourth-order valence-corrected chi connectivity index (χ4v) is 0.987. The minimum Gasteiger partial charge on any atom is -0.327 e. The van der Waals surface area contributed by atoms with Crippen molar-refractivity contribution in [3.63, 3.8) is 0 Å². The highest BCUT2D eigenvalue weighted by molar-refractivity contribution is 5.49. The molecule has 1 aromatic carbocycles. The minimum absolute atomic E-state index is 0.376. The predicted molar refractivity (Wildman–Crippen MR) is 49.5 cm³/mol. The van der Waals surface area contributed by atoms with Crippen molar-refractivity contribution in [1.29, 1.82) is 0 Å². The molecule has 0 aliphatic heterocycles. The lowest BCUT2D eigenvalue weighted by atomic mass is 10.1. The maximum Gasteiger partial charge on any atom is 0.416 e. The number of hydrogen-bond donors (Lipinski definition) is 1. The van der Waals surface area contributed by atoms with E-state index in [1.807, 2.05) is 0 Å². The second-order valence-electron chi connectivity index (χ2n) is 2.76. The van der Waals surface area contributed by atoms with Gasteiger partial charge in [-0.3, -0.25) is 0 Å². The van der Waals surface area contributed by atoms with Gasteiger partial charge in [0.2, 0.25) is 0 Å². The average Bonchev–Trinajstić information content (AvgIpc) is 2.14. The summed E-state index contributed by atoms with van der Waals surface area (Å²) in [5, 5.41) is 0. The largest absolute Gasteiger partial charge is 0.416 e. The number of hydrogen-bond acceptors (Lipinski definition) is 1. The molecule has 76 valence electrons. The second-order valence-corrected chi connectivity index (χ2v) is 2.76. The van der Waals surface area contributed by atoms with Crippen molar-refractivity contribution >= 4 is 6.08 Å². The zero-order valence-corrected chi connectivity index (χ0v) is 7.38. The molecule has 0 aliphatic rings. The summed E-state index contributed by atoms with van der Waals surface area (Å²) in [7, 11) is 0. The summed E-state index contributed by atoms with van der Waals surface area (Å²) >= 11 is 0. The molecule has 1 nitrogen and oxygen atoms in total. The Morgan fingerprint density at radius 2 is 1.71 bits per heavy atom. The van der Waals surface area contributed by atoms with Crippen LogP contribution in [-0.4, -0.2) is 6.54 Å². The highest BCUT2D eigenvalue weighted by Gasteiger charge is 2.29. The smallest absolute Gasteiger partial charge is 0.327 e. The van der Waals surface area contributed by atoms with E-state index >= 15 is 0 Å². The van der Waals surface area contributed by atoms with Crippen LogP contribution in [0.3, 0.4) is 0 Å². The fraction of sp³-hybridized carbons (Fsp3) is 0.200. The number of benzene rings is 1. The van der Waals surface area contributed by atoms with Crippen molar-refractivity contribution in [2.75, 3.05) is 6.54 Å². The van der Waals surface area contributed by atoms with Crippen LogP contribution in [0.25, 0.3) is 6.08 Å². The van der Waals surface area contributed by atoms with Gasteiger partial charge in [-0.1, -0.05) is 24.3 Å². The molecule has 0 spiro atoms. The van der Waals surface area contributed by atoms with Crippen molar-refractivity contribution in [2.24, 2.45) is 5.73 Å². The van der Waals surface area contributed by atoms with Gasteiger partial charge in [-0.05, 0) is 17.7 Å². The zero-order chi connectivity index (χ0) is 10.6. The van der Waals surface area contributed by atoms with Crippen molar-refractivity contribution in [2.45, 2.75) is 6.18 Å². The molecule has 0 amide bonds. The van der Waals surface area contributed by atoms with Crippen molar-refractivity contribution in [3.05, 3.63) is 41.5 Å². The molecule has 1 aromatic rings. The quantitative estimate of drug-likeness (QED) is 0.782. The maximum atomic E-state index is 12.1. The Labute approximate surface area is 80.0 Å². The second kappa shape index (κ2) is 4.28. The monoisotopic (exact) mass is 201 g/mol. The molecule has 2 N–H and O–H groups in total. The van der Waals surface area contributed by atoms with E-state index in [2.05, 4.69) is 0 Å². The van der Waals surface area contributed by atoms with E-state index in [1.54, 1.807) is 12.2 Å². The van der Waals surface area contributed by atoms with Gasteiger partial charge in [-0.2, -0.15) is 13.2 Å². The molecule has 1 rings (SSSR count). The Kier molecular flexibility index (Phi) is 3.30. The Morgan fingerprint density at radius 1 is 1.14 bits per heavy atom. The van der Waals surface area contributed by atoms with Gasteiger partial charge in [0.25, 0.3) is 0 Å². The number of nitrogens with two attached hydrogens (primary N) is 1. The lowest BCUT2D eigenvalue weighted by molar-refractivity contribution is -0.137. The van der Waals surface area contributed by atoms with Gasteiger partial charge in [0.15, 0.2) is 0 Å². The van der Waals surface area contributed by atoms with E-state index in [0.29, 0.717) is 12.1 Å². The van der Waals surface area contributed by atoms with Gasteiger partial charge < -0.3 is 5.73 Å². The summed E-state index contributed by atoms with van der Waals surface area (Å²) in [6.45, 7) is 0.376. The molecule has 0 saturated carbocycles. The van der Waals surface area contributed by atoms with Gasteiger partial charge in [-0.15, -0.1) is 0 Å². The standard InChI is InChI=1S/C10H10F3N/c11-10(12,13)9-5-3-8(4-6-9)2-1-7-14/h1-6H,7,14H2/b2-1+. The van der Waals surface area contributed by atoms with Crippen LogP contribution in [0.15, 0.2) is 30.3 Å². The Hall–Kier alpha value is -1.29. The van der Waals surface area contributed by atoms with Gasteiger partial charge in [0.05, 0.1) is 5.56 Å². The molecule has 0 fully saturated rings. The Morgan fingerprint density at radius 3 is 2.14 bits per heavy atom. The van der Waals surface area contributed by atoms with E-state index in [0.717, 1.165) is 12.1 Å². The number of rotatable bonds is 2. The molecule has 0 saturated heterocycles. The van der Waals surface area contributed by atoms with E-state index in [-0.39, 0.29) is 0 Å². The maximum absolute atomic E-state index is 12.1. The molecular formula is C10H10F3N. The van der Waals surface area contributed by atoms with Crippen molar-refractivity contribution in [3.8, 4) is 0 Å². The molecule has 0 heterocycles. The molecule has 0 atom stereocenters. The van der Waals surface area contributed by atoms with Gasteiger partial charge in [0, 0.05) is 6.54 Å². The van der Waals surface area contributed by atoms with Crippen LogP contribution in [0, 0.1) is 0 Å². The first-order valence-corrected chi connectivity index (χ1v) is 4.08. The SMILES string of the molecule is NC/C=C/c1ccc(C(F)(F)F)cc1. The lowest BCUT2D eigenvalue weighted by Gasteiger charge is -2.05. The summed E-state index contributed by atoms with van der Waals surface area (Å²) in [5.74, 6) is 0. The average molecular weight is 201 g/mol. The molecule has 0 aliphatic carbocycles. The molecule has 0 unspecified atom stereocenters. The summed E-state index contributed by atoms with van der Waals surface area (Å²) in [6, 6.07) is 4.93. The summed E-state index contributed by atoms with van der Waals surface area (Å²) < 4.78 is 36.4. The molecule has 0 radical (unpaired) electrons. The first-order valence-electron chi connectivity index (χ1n) is 4.08. The first kappa shape index (κ1) is 10.8. The topological polar surface area (TPSA) is 26.0 Å². The molecule has 0 aromatic heterocycles. The van der Waals surface area contributed by atoms with Crippen LogP contribution in [0.2, 0.25) is 0 Å². The number of alkyl halides is 3. The Bertz CT molecular complexity index is 311. The van der Waals surface area contributed by atoms with Crippen LogP contribution >= 0.6 is 0 Å². The van der Waals surface area contributed by atoms with Gasteiger partial charge >= 0.3 is 6.18 Å². The van der Waals surface area contributed by atoms with E-state index < -0.39 is 11.7 Å². The van der Waals surface area contributed by atoms with Gasteiger partial charge in [0.1, 0.15) is 0 Å². The van der Waals surface area contributed by atoms with Crippen LogP contribution in [0.4, 0.5) is 13.2 Å². The molecule has 0 bridgehead atoms. The number of halogens is 3. The van der Waals surface area contributed by atoms with Crippen molar-refractivity contribution < 1.29 is 13.2 Å². The van der Waals surface area contributed by atoms with Crippen LogP contribution in [0.5, 0.6) is 0 Å². The van der Waals surface area contributed by atoms with E-state index in [4.69, 9.17) is 5.73 Å². The predicted octanol–water partition coefficient (Wildman–Crippen LogP) is 2.68. The zero-order valence-electron chi connectivity index (χ0n) is 7.38. The lowest BCUT2D eigenvalue weighted by Crippen LogP contribution is -2.04. The first-order chi connectivity index (χ1) is 6.54. The minimum atomic E-state index is -4.27. The van der Waals surface area contributed by atoms with E-state index in [9.17, 15) is 13.2 Å². The normalized spacial score (nSPS) is 12.3. The molecule has 14 heavy (non-hydrogen) atoms. The third-order valence-corrected chi connectivity index (χ3v) is 1.68. The summed E-state index contributed by atoms with van der Waals surface area (Å²) in [4.78, 5) is 0. The summed E-state index contributed by atoms with van der Waals surface area (Å²) in [5.41, 5.74) is 5.28. The van der Waals surface area contributed by atoms with Crippen LogP contribution in [0.1, 0.15) is 11.1 Å². The highest BCUT2D eigenvalue weighted by Crippen LogP contribution is 2.29. The highest BCUT2D eigenvalue weighted by atomic mass is 19.4. The van der Waals surface area contributed by atoms with Crippen LogP contribution < -0.4 is 5.73 Å². The summed E-state index contributed by atoms with van der Waals surface area (Å²) in [6.07, 6.45) is -0.904. The molecule has 4 heteroatoms.